The molecule has 0 aromatic carbocycles. The lowest BCUT2D eigenvalue weighted by atomic mass is 10.4. The minimum absolute atomic E-state index is 1.07. The third-order valence-corrected chi connectivity index (χ3v) is 3.84. The molecule has 0 unspecified atom stereocenters. The molecular weight excluding hydrogens is 226 g/mol. The molecule has 0 atom stereocenters. The van der Waals surface area contributed by atoms with Gasteiger partial charge < -0.3 is 10.2 Å². The van der Waals surface area contributed by atoms with Crippen molar-refractivity contribution in [2.45, 2.75) is 10.8 Å². The number of rotatable bonds is 8. The first-order chi connectivity index (χ1) is 7.29. The monoisotopic (exact) mass is 245 g/mol. The fraction of sp³-hybridized carbons (Fsp3) is 0.700. The van der Waals surface area contributed by atoms with E-state index < -0.39 is 0 Å². The number of hydrogen-bond acceptors (Lipinski definition) is 5. The average molecular weight is 245 g/mol. The standard InChI is InChI=1S/C10H19N3S2/c1-13(2)7-3-4-11-5-8-14-10-12-6-9-15-10/h6,9,11H,3-5,7-8H2,1-2H3. The molecule has 0 bridgehead atoms. The van der Waals surface area contributed by atoms with Gasteiger partial charge in [0, 0.05) is 23.9 Å². The molecule has 0 radical (unpaired) electrons. The summed E-state index contributed by atoms with van der Waals surface area (Å²) in [5.41, 5.74) is 0. The van der Waals surface area contributed by atoms with E-state index in [0.717, 1.165) is 25.4 Å². The normalized spacial score (nSPS) is 11.1. The number of aromatic nitrogens is 1. The minimum atomic E-state index is 1.07. The molecule has 0 aliphatic heterocycles. The van der Waals surface area contributed by atoms with E-state index in [-0.39, 0.29) is 0 Å². The molecule has 0 fully saturated rings. The Morgan fingerprint density at radius 2 is 2.33 bits per heavy atom. The average Bonchev–Trinajstić information content (AvgIpc) is 2.68. The lowest BCUT2D eigenvalue weighted by Gasteiger charge is -2.09. The third-order valence-electron chi connectivity index (χ3n) is 1.87. The van der Waals surface area contributed by atoms with Gasteiger partial charge in [0.15, 0.2) is 0 Å². The maximum Gasteiger partial charge on any atom is 0.149 e. The molecule has 1 heterocycles. The second-order valence-corrected chi connectivity index (χ2v) is 5.79. The second kappa shape index (κ2) is 8.10. The van der Waals surface area contributed by atoms with Crippen LogP contribution in [0.25, 0.3) is 0 Å². The Morgan fingerprint density at radius 1 is 1.47 bits per heavy atom. The van der Waals surface area contributed by atoms with Gasteiger partial charge in [-0.05, 0) is 33.6 Å². The van der Waals surface area contributed by atoms with E-state index in [1.54, 1.807) is 11.3 Å². The molecule has 1 rings (SSSR count). The first-order valence-corrected chi connectivity index (χ1v) is 7.03. The first kappa shape index (κ1) is 13.0. The smallest absolute Gasteiger partial charge is 0.149 e. The van der Waals surface area contributed by atoms with Crippen LogP contribution in [-0.2, 0) is 0 Å². The van der Waals surface area contributed by atoms with Crippen LogP contribution < -0.4 is 5.32 Å². The summed E-state index contributed by atoms with van der Waals surface area (Å²) < 4.78 is 1.17. The quantitative estimate of drug-likeness (QED) is 0.558. The first-order valence-electron chi connectivity index (χ1n) is 5.17. The fourth-order valence-corrected chi connectivity index (χ4v) is 2.74. The zero-order chi connectivity index (χ0) is 10.9. The molecule has 0 saturated heterocycles. The number of nitrogens with zero attached hydrogens (tertiary/aromatic N) is 2. The van der Waals surface area contributed by atoms with Gasteiger partial charge in [0.1, 0.15) is 4.34 Å². The van der Waals surface area contributed by atoms with Gasteiger partial charge in [-0.15, -0.1) is 11.3 Å². The Labute approximate surface area is 100 Å². The highest BCUT2D eigenvalue weighted by molar-refractivity contribution is 8.01. The Hall–Kier alpha value is -0.100. The van der Waals surface area contributed by atoms with Crippen LogP contribution in [0, 0.1) is 0 Å². The highest BCUT2D eigenvalue weighted by Crippen LogP contribution is 2.18. The molecule has 0 aliphatic rings. The predicted octanol–water partition coefficient (Wildman–Crippen LogP) is 1.78. The molecule has 86 valence electrons. The van der Waals surface area contributed by atoms with Crippen molar-refractivity contribution in [3.63, 3.8) is 0 Å². The van der Waals surface area contributed by atoms with E-state index in [4.69, 9.17) is 0 Å². The SMILES string of the molecule is CN(C)CCCNCCSc1nccs1. The summed E-state index contributed by atoms with van der Waals surface area (Å²) in [5, 5.41) is 5.45. The summed E-state index contributed by atoms with van der Waals surface area (Å²) in [6, 6.07) is 0. The number of thiazole rings is 1. The van der Waals surface area contributed by atoms with Gasteiger partial charge in [0.25, 0.3) is 0 Å². The summed E-state index contributed by atoms with van der Waals surface area (Å²) in [6.45, 7) is 3.33. The fourth-order valence-electron chi connectivity index (χ4n) is 1.14. The van der Waals surface area contributed by atoms with Gasteiger partial charge in [-0.3, -0.25) is 0 Å². The Bertz CT molecular complexity index is 237. The van der Waals surface area contributed by atoms with E-state index in [2.05, 4.69) is 29.3 Å². The van der Waals surface area contributed by atoms with Crippen molar-refractivity contribution in [1.82, 2.24) is 15.2 Å². The van der Waals surface area contributed by atoms with Crippen molar-refractivity contribution in [2.75, 3.05) is 39.5 Å². The van der Waals surface area contributed by atoms with Crippen LogP contribution >= 0.6 is 23.1 Å². The van der Waals surface area contributed by atoms with Crippen molar-refractivity contribution >= 4 is 23.1 Å². The van der Waals surface area contributed by atoms with Gasteiger partial charge in [0.2, 0.25) is 0 Å². The van der Waals surface area contributed by atoms with Gasteiger partial charge in [-0.25, -0.2) is 4.98 Å². The van der Waals surface area contributed by atoms with Crippen LogP contribution in [0.4, 0.5) is 0 Å². The number of hydrogen-bond donors (Lipinski definition) is 1. The topological polar surface area (TPSA) is 28.2 Å². The van der Waals surface area contributed by atoms with E-state index in [1.807, 2.05) is 23.3 Å². The van der Waals surface area contributed by atoms with Crippen molar-refractivity contribution < 1.29 is 0 Å². The Balaban J connectivity index is 1.85. The Kier molecular flexibility index (Phi) is 7.00. The largest absolute Gasteiger partial charge is 0.316 e. The van der Waals surface area contributed by atoms with Crippen LogP contribution in [0.3, 0.4) is 0 Å². The molecule has 0 aliphatic carbocycles. The number of nitrogens with one attached hydrogen (secondary N) is 1. The summed E-state index contributed by atoms with van der Waals surface area (Å²) in [7, 11) is 4.22. The molecule has 15 heavy (non-hydrogen) atoms. The highest BCUT2D eigenvalue weighted by atomic mass is 32.2. The second-order valence-electron chi connectivity index (χ2n) is 3.55. The maximum absolute atomic E-state index is 4.22. The summed E-state index contributed by atoms with van der Waals surface area (Å²) in [5.74, 6) is 1.11. The van der Waals surface area contributed by atoms with Crippen molar-refractivity contribution in [3.8, 4) is 0 Å². The van der Waals surface area contributed by atoms with E-state index in [9.17, 15) is 0 Å². The van der Waals surface area contributed by atoms with Gasteiger partial charge >= 0.3 is 0 Å². The summed E-state index contributed by atoms with van der Waals surface area (Å²) in [6.07, 6.45) is 3.08. The molecule has 0 amide bonds. The van der Waals surface area contributed by atoms with Gasteiger partial charge in [-0.2, -0.15) is 0 Å². The van der Waals surface area contributed by atoms with Crippen LogP contribution in [0.1, 0.15) is 6.42 Å². The lowest BCUT2D eigenvalue weighted by Crippen LogP contribution is -2.22. The summed E-state index contributed by atoms with van der Waals surface area (Å²) in [4.78, 5) is 6.43. The summed E-state index contributed by atoms with van der Waals surface area (Å²) >= 11 is 3.54. The van der Waals surface area contributed by atoms with Crippen LogP contribution in [-0.4, -0.2) is 49.4 Å². The molecular formula is C10H19N3S2. The molecule has 5 heteroatoms. The zero-order valence-electron chi connectivity index (χ0n) is 9.40. The molecule has 1 N–H and O–H groups in total. The van der Waals surface area contributed by atoms with Crippen LogP contribution in [0.15, 0.2) is 15.9 Å². The van der Waals surface area contributed by atoms with E-state index in [0.29, 0.717) is 0 Å². The lowest BCUT2D eigenvalue weighted by molar-refractivity contribution is 0.396. The predicted molar refractivity (Wildman–Crippen MR) is 68.9 cm³/mol. The van der Waals surface area contributed by atoms with Crippen molar-refractivity contribution in [1.29, 1.82) is 0 Å². The molecule has 3 nitrogen and oxygen atoms in total. The van der Waals surface area contributed by atoms with E-state index >= 15 is 0 Å². The van der Waals surface area contributed by atoms with Crippen molar-refractivity contribution in [3.05, 3.63) is 11.6 Å². The minimum Gasteiger partial charge on any atom is -0.316 e. The van der Waals surface area contributed by atoms with E-state index in [1.165, 1.54) is 10.8 Å². The van der Waals surface area contributed by atoms with Gasteiger partial charge in [-0.1, -0.05) is 11.8 Å². The molecule has 0 saturated carbocycles. The van der Waals surface area contributed by atoms with Crippen LogP contribution in [0.5, 0.6) is 0 Å². The van der Waals surface area contributed by atoms with Gasteiger partial charge in [0.05, 0.1) is 0 Å². The maximum atomic E-state index is 4.22. The highest BCUT2D eigenvalue weighted by Gasteiger charge is 1.95. The number of thioether (sulfide) groups is 1. The molecule has 1 aromatic rings. The van der Waals surface area contributed by atoms with Crippen molar-refractivity contribution in [2.24, 2.45) is 0 Å². The van der Waals surface area contributed by atoms with Crippen LogP contribution in [0.2, 0.25) is 0 Å². The molecule has 1 aromatic heterocycles. The molecule has 0 spiro atoms. The Morgan fingerprint density at radius 3 is 3.00 bits per heavy atom. The zero-order valence-corrected chi connectivity index (χ0v) is 11.0. The third kappa shape index (κ3) is 6.89.